The van der Waals surface area contributed by atoms with Crippen LogP contribution in [0.1, 0.15) is 43.1 Å². The number of amides is 1. The smallest absolute Gasteiger partial charge is 0.410 e. The zero-order chi connectivity index (χ0) is 17.9. The maximum Gasteiger partial charge on any atom is 0.410 e. The number of ketones is 1. The summed E-state index contributed by atoms with van der Waals surface area (Å²) in [7, 11) is 0. The van der Waals surface area contributed by atoms with E-state index in [0.29, 0.717) is 25.1 Å². The van der Waals surface area contributed by atoms with Crippen LogP contribution in [0.4, 0.5) is 9.18 Å². The average molecular weight is 330 g/mol. The van der Waals surface area contributed by atoms with Gasteiger partial charge in [-0.1, -0.05) is 12.1 Å². The van der Waals surface area contributed by atoms with E-state index in [4.69, 9.17) is 10.00 Å². The second-order valence-corrected chi connectivity index (χ2v) is 6.54. The van der Waals surface area contributed by atoms with Gasteiger partial charge in [-0.2, -0.15) is 5.26 Å². The zero-order valence-electron chi connectivity index (χ0n) is 13.9. The highest BCUT2D eigenvalue weighted by atomic mass is 19.1. The minimum Gasteiger partial charge on any atom is -0.444 e. The maximum atomic E-state index is 14.2. The molecule has 6 heteroatoms. The fourth-order valence-corrected chi connectivity index (χ4v) is 2.39. The Morgan fingerprint density at radius 3 is 2.54 bits per heavy atom. The Morgan fingerprint density at radius 2 is 2.04 bits per heavy atom. The predicted molar refractivity (Wildman–Crippen MR) is 86.7 cm³/mol. The van der Waals surface area contributed by atoms with Crippen molar-refractivity contribution in [2.75, 3.05) is 13.1 Å². The van der Waals surface area contributed by atoms with Crippen molar-refractivity contribution in [3.8, 4) is 6.07 Å². The van der Waals surface area contributed by atoms with Gasteiger partial charge in [0.25, 0.3) is 5.78 Å². The number of carbonyl (C=O) groups excluding carboxylic acids is 2. The predicted octanol–water partition coefficient (Wildman–Crippen LogP) is 3.56. The summed E-state index contributed by atoms with van der Waals surface area (Å²) in [6.45, 7) is 6.17. The molecule has 0 unspecified atom stereocenters. The van der Waals surface area contributed by atoms with E-state index in [0.717, 1.165) is 11.6 Å². The Labute approximate surface area is 140 Å². The molecular formula is C18H19FN2O3. The Bertz CT molecular complexity index is 742. The average Bonchev–Trinajstić information content (AvgIpc) is 2.52. The van der Waals surface area contributed by atoms with E-state index in [9.17, 15) is 14.0 Å². The molecule has 1 amide bonds. The minimum atomic E-state index is -0.769. The summed E-state index contributed by atoms with van der Waals surface area (Å²) in [5.74, 6) is -1.32. The third kappa shape index (κ3) is 4.19. The van der Waals surface area contributed by atoms with Gasteiger partial charge in [0, 0.05) is 24.2 Å². The number of rotatable bonds is 2. The third-order valence-electron chi connectivity index (χ3n) is 3.54. The van der Waals surface area contributed by atoms with Gasteiger partial charge >= 0.3 is 6.09 Å². The topological polar surface area (TPSA) is 70.4 Å². The van der Waals surface area contributed by atoms with Crippen LogP contribution in [0, 0.1) is 17.1 Å². The van der Waals surface area contributed by atoms with E-state index in [1.54, 1.807) is 31.7 Å². The standard InChI is InChI=1S/C18H19FN2O3/c1-18(2,3)24-17(23)21-8-6-12(7-9-21)14-5-4-13(10-15(14)19)16(22)11-20/h4-6,10H,7-9H2,1-3H3. The van der Waals surface area contributed by atoms with Crippen LogP contribution in [-0.4, -0.2) is 35.5 Å². The summed E-state index contributed by atoms with van der Waals surface area (Å²) in [5, 5.41) is 8.58. The molecule has 0 aliphatic carbocycles. The first-order valence-electron chi connectivity index (χ1n) is 7.62. The van der Waals surface area contributed by atoms with Gasteiger partial charge in [-0.15, -0.1) is 0 Å². The van der Waals surface area contributed by atoms with E-state index in [1.807, 2.05) is 0 Å². The highest BCUT2D eigenvalue weighted by Gasteiger charge is 2.24. The van der Waals surface area contributed by atoms with Crippen LogP contribution in [0.3, 0.4) is 0 Å². The molecule has 0 radical (unpaired) electrons. The summed E-state index contributed by atoms with van der Waals surface area (Å²) in [6.07, 6.45) is 1.87. The second kappa shape index (κ2) is 6.83. The Balaban J connectivity index is 2.12. The maximum absolute atomic E-state index is 14.2. The van der Waals surface area contributed by atoms with Crippen molar-refractivity contribution in [3.05, 3.63) is 41.2 Å². The van der Waals surface area contributed by atoms with Crippen LogP contribution in [0.15, 0.2) is 24.3 Å². The van der Waals surface area contributed by atoms with Crippen LogP contribution in [0.2, 0.25) is 0 Å². The lowest BCUT2D eigenvalue weighted by atomic mass is 9.97. The molecule has 0 spiro atoms. The Kier molecular flexibility index (Phi) is 5.03. The Morgan fingerprint density at radius 1 is 1.33 bits per heavy atom. The van der Waals surface area contributed by atoms with Crippen molar-refractivity contribution >= 4 is 17.4 Å². The molecule has 0 bridgehead atoms. The zero-order valence-corrected chi connectivity index (χ0v) is 13.9. The van der Waals surface area contributed by atoms with Crippen molar-refractivity contribution in [1.29, 1.82) is 5.26 Å². The fourth-order valence-electron chi connectivity index (χ4n) is 2.39. The first-order valence-corrected chi connectivity index (χ1v) is 7.62. The highest BCUT2D eigenvalue weighted by molar-refractivity contribution is 6.07. The molecule has 0 saturated heterocycles. The van der Waals surface area contributed by atoms with E-state index in [-0.39, 0.29) is 5.56 Å². The van der Waals surface area contributed by atoms with E-state index in [1.165, 1.54) is 18.2 Å². The number of halogens is 1. The largest absolute Gasteiger partial charge is 0.444 e. The molecule has 0 N–H and O–H groups in total. The number of ether oxygens (including phenoxy) is 1. The van der Waals surface area contributed by atoms with Gasteiger partial charge < -0.3 is 9.64 Å². The van der Waals surface area contributed by atoms with Gasteiger partial charge in [-0.3, -0.25) is 4.79 Å². The highest BCUT2D eigenvalue weighted by Crippen LogP contribution is 2.26. The number of hydrogen-bond acceptors (Lipinski definition) is 4. The van der Waals surface area contributed by atoms with Crippen molar-refractivity contribution in [3.63, 3.8) is 0 Å². The normalized spacial score (nSPS) is 14.6. The fraction of sp³-hybridized carbons (Fsp3) is 0.389. The summed E-state index contributed by atoms with van der Waals surface area (Å²) < 4.78 is 19.5. The van der Waals surface area contributed by atoms with E-state index >= 15 is 0 Å². The molecular weight excluding hydrogens is 311 g/mol. The summed E-state index contributed by atoms with van der Waals surface area (Å²) in [5.41, 5.74) is 0.623. The number of Topliss-reactive ketones (excluding diaryl/α,β-unsaturated/α-hetero) is 1. The molecule has 5 nitrogen and oxygen atoms in total. The molecule has 1 heterocycles. The lowest BCUT2D eigenvalue weighted by molar-refractivity contribution is 0.0270. The molecule has 0 fully saturated rings. The molecule has 1 aromatic rings. The summed E-state index contributed by atoms with van der Waals surface area (Å²) in [4.78, 5) is 24.8. The van der Waals surface area contributed by atoms with Crippen LogP contribution in [0.25, 0.3) is 5.57 Å². The van der Waals surface area contributed by atoms with Crippen molar-refractivity contribution in [2.24, 2.45) is 0 Å². The van der Waals surface area contributed by atoms with Crippen LogP contribution in [0.5, 0.6) is 0 Å². The number of hydrogen-bond donors (Lipinski definition) is 0. The molecule has 0 saturated carbocycles. The van der Waals surface area contributed by atoms with Crippen LogP contribution in [-0.2, 0) is 4.74 Å². The third-order valence-corrected chi connectivity index (χ3v) is 3.54. The van der Waals surface area contributed by atoms with Crippen molar-refractivity contribution in [1.82, 2.24) is 4.90 Å². The van der Waals surface area contributed by atoms with Gasteiger partial charge in [-0.05, 0) is 44.9 Å². The molecule has 0 aromatic heterocycles. The molecule has 24 heavy (non-hydrogen) atoms. The van der Waals surface area contributed by atoms with Crippen molar-refractivity contribution < 1.29 is 18.7 Å². The van der Waals surface area contributed by atoms with Gasteiger partial charge in [0.15, 0.2) is 0 Å². The Hall–Kier alpha value is -2.68. The SMILES string of the molecule is CC(C)(C)OC(=O)N1CC=C(c2ccc(C(=O)C#N)cc2F)CC1. The van der Waals surface area contributed by atoms with Gasteiger partial charge in [0.05, 0.1) is 0 Å². The number of carbonyl (C=O) groups is 2. The van der Waals surface area contributed by atoms with Gasteiger partial charge in [0.2, 0.25) is 0 Å². The molecule has 0 atom stereocenters. The first-order chi connectivity index (χ1) is 11.2. The van der Waals surface area contributed by atoms with Crippen LogP contribution >= 0.6 is 0 Å². The molecule has 1 aromatic carbocycles. The number of nitrogens with zero attached hydrogens (tertiary/aromatic N) is 2. The molecule has 2 rings (SSSR count). The lowest BCUT2D eigenvalue weighted by Crippen LogP contribution is -2.39. The molecule has 1 aliphatic heterocycles. The number of nitriles is 1. The quantitative estimate of drug-likeness (QED) is 0.614. The first kappa shape index (κ1) is 17.7. The summed E-state index contributed by atoms with van der Waals surface area (Å²) >= 11 is 0. The minimum absolute atomic E-state index is 0.0329. The van der Waals surface area contributed by atoms with Gasteiger partial charge in [-0.25, -0.2) is 9.18 Å². The number of benzene rings is 1. The van der Waals surface area contributed by atoms with E-state index in [2.05, 4.69) is 0 Å². The lowest BCUT2D eigenvalue weighted by Gasteiger charge is -2.29. The van der Waals surface area contributed by atoms with Crippen molar-refractivity contribution in [2.45, 2.75) is 32.8 Å². The van der Waals surface area contributed by atoms with Crippen LogP contribution < -0.4 is 0 Å². The second-order valence-electron chi connectivity index (χ2n) is 6.54. The molecule has 126 valence electrons. The van der Waals surface area contributed by atoms with Gasteiger partial charge in [0.1, 0.15) is 17.5 Å². The van der Waals surface area contributed by atoms with E-state index < -0.39 is 23.3 Å². The summed E-state index contributed by atoms with van der Waals surface area (Å²) in [6, 6.07) is 5.47. The monoisotopic (exact) mass is 330 g/mol. The molecule has 1 aliphatic rings.